The van der Waals surface area contributed by atoms with Gasteiger partial charge >= 0.3 is 0 Å². The van der Waals surface area contributed by atoms with Crippen molar-refractivity contribution in [2.75, 3.05) is 0 Å². The first-order chi connectivity index (χ1) is 6.59. The summed E-state index contributed by atoms with van der Waals surface area (Å²) in [5, 5.41) is 5.59. The van der Waals surface area contributed by atoms with Crippen molar-refractivity contribution in [2.24, 2.45) is 12.8 Å². The molecule has 74 valence electrons. The summed E-state index contributed by atoms with van der Waals surface area (Å²) >= 11 is 0. The maximum absolute atomic E-state index is 5.83. The van der Waals surface area contributed by atoms with E-state index in [0.29, 0.717) is 0 Å². The van der Waals surface area contributed by atoms with Gasteiger partial charge in [0.15, 0.2) is 0 Å². The fraction of sp³-hybridized carbons (Fsp3) is 0.364. The van der Waals surface area contributed by atoms with Gasteiger partial charge in [-0.15, -0.1) is 0 Å². The third kappa shape index (κ3) is 1.30. The molecule has 2 N–H and O–H groups in total. The van der Waals surface area contributed by atoms with E-state index in [4.69, 9.17) is 5.73 Å². The zero-order valence-corrected chi connectivity index (χ0v) is 8.78. The lowest BCUT2D eigenvalue weighted by Crippen LogP contribution is -2.04. The highest BCUT2D eigenvalue weighted by Gasteiger charge is 2.06. The van der Waals surface area contributed by atoms with Crippen LogP contribution in [0.5, 0.6) is 0 Å². The van der Waals surface area contributed by atoms with Crippen LogP contribution in [0.25, 0.3) is 10.9 Å². The van der Waals surface area contributed by atoms with Gasteiger partial charge in [-0.3, -0.25) is 4.68 Å². The number of hydrogen-bond acceptors (Lipinski definition) is 2. The molecule has 1 aromatic carbocycles. The van der Waals surface area contributed by atoms with E-state index in [1.807, 2.05) is 30.8 Å². The van der Waals surface area contributed by atoms with Crippen LogP contribution in [-0.4, -0.2) is 9.78 Å². The van der Waals surface area contributed by atoms with Crippen LogP contribution in [0.1, 0.15) is 24.2 Å². The van der Waals surface area contributed by atoms with Crippen molar-refractivity contribution in [3.63, 3.8) is 0 Å². The first-order valence-electron chi connectivity index (χ1n) is 4.78. The molecule has 0 amide bonds. The molecule has 3 heteroatoms. The second-order valence-corrected chi connectivity index (χ2v) is 3.77. The molecular formula is C11H15N3. The van der Waals surface area contributed by atoms with Crippen molar-refractivity contribution in [1.82, 2.24) is 9.78 Å². The van der Waals surface area contributed by atoms with Gasteiger partial charge in [-0.25, -0.2) is 0 Å². The topological polar surface area (TPSA) is 43.8 Å². The Morgan fingerprint density at radius 1 is 1.43 bits per heavy atom. The molecule has 1 heterocycles. The highest BCUT2D eigenvalue weighted by molar-refractivity contribution is 5.82. The Labute approximate surface area is 83.5 Å². The summed E-state index contributed by atoms with van der Waals surface area (Å²) in [4.78, 5) is 0. The van der Waals surface area contributed by atoms with Gasteiger partial charge in [-0.2, -0.15) is 5.10 Å². The monoisotopic (exact) mass is 189 g/mol. The average Bonchev–Trinajstić information content (AvgIpc) is 2.43. The molecule has 1 atom stereocenters. The zero-order chi connectivity index (χ0) is 10.3. The Morgan fingerprint density at radius 2 is 2.14 bits per heavy atom. The van der Waals surface area contributed by atoms with Crippen LogP contribution >= 0.6 is 0 Å². The molecule has 14 heavy (non-hydrogen) atoms. The summed E-state index contributed by atoms with van der Waals surface area (Å²) in [5.74, 6) is 0. The number of nitrogens with two attached hydrogens (primary N) is 1. The van der Waals surface area contributed by atoms with Gasteiger partial charge in [0.2, 0.25) is 0 Å². The maximum atomic E-state index is 5.83. The molecule has 0 aliphatic heterocycles. The summed E-state index contributed by atoms with van der Waals surface area (Å²) in [7, 11) is 1.96. The molecule has 0 aliphatic carbocycles. The van der Waals surface area contributed by atoms with E-state index in [1.165, 1.54) is 11.1 Å². The first-order valence-corrected chi connectivity index (χ1v) is 4.78. The number of benzene rings is 1. The van der Waals surface area contributed by atoms with E-state index in [0.717, 1.165) is 11.1 Å². The predicted molar refractivity (Wildman–Crippen MR) is 58.1 cm³/mol. The summed E-state index contributed by atoms with van der Waals surface area (Å²) in [6, 6.07) is 6.28. The SMILES string of the molecule is Cc1c2cc(C(C)N)ccc2nn1C. The quantitative estimate of drug-likeness (QED) is 0.744. The van der Waals surface area contributed by atoms with Crippen molar-refractivity contribution < 1.29 is 0 Å². The van der Waals surface area contributed by atoms with Crippen molar-refractivity contribution in [2.45, 2.75) is 19.9 Å². The lowest BCUT2D eigenvalue weighted by Gasteiger charge is -2.04. The minimum atomic E-state index is 0.0824. The van der Waals surface area contributed by atoms with Crippen LogP contribution in [0.15, 0.2) is 18.2 Å². The number of hydrogen-bond donors (Lipinski definition) is 1. The molecule has 2 rings (SSSR count). The highest BCUT2D eigenvalue weighted by Crippen LogP contribution is 2.21. The summed E-state index contributed by atoms with van der Waals surface area (Å²) < 4.78 is 1.90. The molecule has 0 radical (unpaired) electrons. The Balaban J connectivity index is 2.69. The molecule has 0 bridgehead atoms. The zero-order valence-electron chi connectivity index (χ0n) is 8.78. The van der Waals surface area contributed by atoms with E-state index >= 15 is 0 Å². The van der Waals surface area contributed by atoms with Crippen LogP contribution in [0.4, 0.5) is 0 Å². The molecular weight excluding hydrogens is 174 g/mol. The number of nitrogens with zero attached hydrogens (tertiary/aromatic N) is 2. The Kier molecular flexibility index (Phi) is 2.04. The van der Waals surface area contributed by atoms with Crippen LogP contribution in [0, 0.1) is 6.92 Å². The van der Waals surface area contributed by atoms with Crippen molar-refractivity contribution in [3.8, 4) is 0 Å². The summed E-state index contributed by atoms with van der Waals surface area (Å²) in [6.07, 6.45) is 0. The van der Waals surface area contributed by atoms with Gasteiger partial charge in [0.05, 0.1) is 5.52 Å². The van der Waals surface area contributed by atoms with Crippen molar-refractivity contribution in [3.05, 3.63) is 29.5 Å². The largest absolute Gasteiger partial charge is 0.324 e. The van der Waals surface area contributed by atoms with Crippen LogP contribution < -0.4 is 5.73 Å². The van der Waals surface area contributed by atoms with Gasteiger partial charge < -0.3 is 5.73 Å². The average molecular weight is 189 g/mol. The summed E-state index contributed by atoms with van der Waals surface area (Å²) in [5.41, 5.74) is 9.21. The molecule has 0 aliphatic rings. The Hall–Kier alpha value is -1.35. The number of rotatable bonds is 1. The molecule has 0 saturated heterocycles. The normalized spacial score (nSPS) is 13.4. The maximum Gasteiger partial charge on any atom is 0.0926 e. The van der Waals surface area contributed by atoms with Crippen molar-refractivity contribution >= 4 is 10.9 Å². The summed E-state index contributed by atoms with van der Waals surface area (Å²) in [6.45, 7) is 4.06. The fourth-order valence-corrected chi connectivity index (χ4v) is 1.62. The van der Waals surface area contributed by atoms with Crippen LogP contribution in [-0.2, 0) is 7.05 Å². The van der Waals surface area contributed by atoms with E-state index in [1.54, 1.807) is 0 Å². The van der Waals surface area contributed by atoms with Gasteiger partial charge in [-0.1, -0.05) is 6.07 Å². The minimum absolute atomic E-state index is 0.0824. The van der Waals surface area contributed by atoms with Gasteiger partial charge in [0.25, 0.3) is 0 Å². The molecule has 0 fully saturated rings. The Bertz CT molecular complexity index is 469. The minimum Gasteiger partial charge on any atom is -0.324 e. The van der Waals surface area contributed by atoms with E-state index < -0.39 is 0 Å². The van der Waals surface area contributed by atoms with E-state index in [9.17, 15) is 0 Å². The second-order valence-electron chi connectivity index (χ2n) is 3.77. The molecule has 2 aromatic rings. The number of fused-ring (bicyclic) bond motifs is 1. The van der Waals surface area contributed by atoms with Crippen LogP contribution in [0.3, 0.4) is 0 Å². The molecule has 1 aromatic heterocycles. The van der Waals surface area contributed by atoms with Gasteiger partial charge in [-0.05, 0) is 31.5 Å². The molecule has 0 spiro atoms. The molecule has 3 nitrogen and oxygen atoms in total. The predicted octanol–water partition coefficient (Wildman–Crippen LogP) is 1.90. The second kappa shape index (κ2) is 3.10. The molecule has 1 unspecified atom stereocenters. The third-order valence-corrected chi connectivity index (χ3v) is 2.68. The van der Waals surface area contributed by atoms with Gasteiger partial charge in [0, 0.05) is 24.2 Å². The van der Waals surface area contributed by atoms with Crippen molar-refractivity contribution in [1.29, 1.82) is 0 Å². The number of aryl methyl sites for hydroxylation is 2. The highest BCUT2D eigenvalue weighted by atomic mass is 15.3. The fourth-order valence-electron chi connectivity index (χ4n) is 1.62. The van der Waals surface area contributed by atoms with Gasteiger partial charge in [0.1, 0.15) is 0 Å². The third-order valence-electron chi connectivity index (χ3n) is 2.68. The van der Waals surface area contributed by atoms with E-state index in [-0.39, 0.29) is 6.04 Å². The molecule has 0 saturated carbocycles. The smallest absolute Gasteiger partial charge is 0.0926 e. The Morgan fingerprint density at radius 3 is 2.79 bits per heavy atom. The first kappa shape index (κ1) is 9.21. The van der Waals surface area contributed by atoms with E-state index in [2.05, 4.69) is 18.1 Å². The lowest BCUT2D eigenvalue weighted by atomic mass is 10.1. The standard InChI is InChI=1S/C11H15N3/c1-7(12)9-4-5-11-10(6-9)8(2)14(3)13-11/h4-7H,12H2,1-3H3. The van der Waals surface area contributed by atoms with Crippen LogP contribution in [0.2, 0.25) is 0 Å². The number of aromatic nitrogens is 2. The lowest BCUT2D eigenvalue weighted by molar-refractivity contribution is 0.751.